The number of methoxy groups -OCH3 is 2. The van der Waals surface area contributed by atoms with Gasteiger partial charge in [-0.1, -0.05) is 30.3 Å². The molecule has 0 saturated carbocycles. The molecule has 1 N–H and O–H groups in total. The number of hydrogen-bond donors (Lipinski definition) is 1. The second-order valence-electron chi connectivity index (χ2n) is 7.32. The van der Waals surface area contributed by atoms with E-state index in [1.807, 2.05) is 24.3 Å². The number of nitrogens with zero attached hydrogens (tertiary/aromatic N) is 1. The van der Waals surface area contributed by atoms with Crippen LogP contribution >= 0.6 is 0 Å². The van der Waals surface area contributed by atoms with Crippen molar-refractivity contribution in [1.29, 1.82) is 0 Å². The van der Waals surface area contributed by atoms with E-state index in [-0.39, 0.29) is 17.3 Å². The molecule has 0 aliphatic rings. The van der Waals surface area contributed by atoms with Crippen molar-refractivity contribution in [2.24, 2.45) is 0 Å². The molecule has 33 heavy (non-hydrogen) atoms. The van der Waals surface area contributed by atoms with Crippen LogP contribution in [-0.2, 0) is 21.2 Å². The van der Waals surface area contributed by atoms with Crippen molar-refractivity contribution in [3.63, 3.8) is 0 Å². The number of hydrogen-bond acceptors (Lipinski definition) is 5. The largest absolute Gasteiger partial charge is 0.497 e. The Hall–Kier alpha value is -3.52. The molecule has 0 radical (unpaired) electrons. The quantitative estimate of drug-likeness (QED) is 0.434. The highest BCUT2D eigenvalue weighted by atomic mass is 32.2. The van der Waals surface area contributed by atoms with Crippen molar-refractivity contribution in [2.75, 3.05) is 31.6 Å². The summed E-state index contributed by atoms with van der Waals surface area (Å²) in [5, 5.41) is 2.83. The normalized spacial score (nSPS) is 11.0. The molecule has 174 valence electrons. The van der Waals surface area contributed by atoms with Gasteiger partial charge in [-0.3, -0.25) is 9.10 Å². The number of anilines is 1. The fourth-order valence-corrected chi connectivity index (χ4v) is 4.72. The first-order chi connectivity index (χ1) is 15.9. The fourth-order valence-electron chi connectivity index (χ4n) is 3.28. The number of benzene rings is 3. The van der Waals surface area contributed by atoms with Crippen LogP contribution in [0.3, 0.4) is 0 Å². The van der Waals surface area contributed by atoms with E-state index in [1.54, 1.807) is 49.6 Å². The van der Waals surface area contributed by atoms with E-state index in [4.69, 9.17) is 9.47 Å². The number of sulfonamides is 1. The topological polar surface area (TPSA) is 84.9 Å². The summed E-state index contributed by atoms with van der Waals surface area (Å²) < 4.78 is 38.0. The second-order valence-corrected chi connectivity index (χ2v) is 9.19. The van der Waals surface area contributed by atoms with Gasteiger partial charge in [0.25, 0.3) is 10.0 Å². The minimum absolute atomic E-state index is 0.119. The molecule has 0 spiro atoms. The highest BCUT2D eigenvalue weighted by Crippen LogP contribution is 2.25. The smallest absolute Gasteiger partial charge is 0.264 e. The molecule has 0 aliphatic heterocycles. The first-order valence-corrected chi connectivity index (χ1v) is 12.0. The van der Waals surface area contributed by atoms with Crippen LogP contribution in [0.15, 0.2) is 83.8 Å². The fraction of sp³-hybridized carbons (Fsp3) is 0.240. The Morgan fingerprint density at radius 1 is 0.848 bits per heavy atom. The van der Waals surface area contributed by atoms with Crippen LogP contribution in [0.4, 0.5) is 5.69 Å². The van der Waals surface area contributed by atoms with Crippen molar-refractivity contribution in [3.8, 4) is 11.5 Å². The number of aryl methyl sites for hydroxylation is 1. The molecule has 0 heterocycles. The lowest BCUT2D eigenvalue weighted by molar-refractivity contribution is -0.119. The standard InChI is InChI=1S/C25H28N2O5S/c1-31-22-14-10-20(11-15-22)7-6-18-26-25(28)19-27(21-12-16-23(32-2)17-13-21)33(29,30)24-8-4-3-5-9-24/h3-5,8-17H,6-7,18-19H2,1-2H3,(H,26,28). The summed E-state index contributed by atoms with van der Waals surface area (Å²) in [5.74, 6) is 1.02. The summed E-state index contributed by atoms with van der Waals surface area (Å²) in [6, 6.07) is 22.4. The first kappa shape index (κ1) is 24.1. The van der Waals surface area contributed by atoms with Crippen LogP contribution in [0, 0.1) is 0 Å². The van der Waals surface area contributed by atoms with Gasteiger partial charge >= 0.3 is 0 Å². The monoisotopic (exact) mass is 468 g/mol. The Labute approximate surface area is 195 Å². The number of carbonyl (C=O) groups excluding carboxylic acids is 1. The maximum atomic E-state index is 13.3. The summed E-state index contributed by atoms with van der Waals surface area (Å²) in [4.78, 5) is 12.8. The summed E-state index contributed by atoms with van der Waals surface area (Å²) in [5.41, 5.74) is 1.52. The molecule has 0 fully saturated rings. The molecule has 0 unspecified atom stereocenters. The lowest BCUT2D eigenvalue weighted by Gasteiger charge is -2.24. The van der Waals surface area contributed by atoms with Crippen LogP contribution in [0.5, 0.6) is 11.5 Å². The molecule has 0 atom stereocenters. The van der Waals surface area contributed by atoms with E-state index in [2.05, 4.69) is 5.32 Å². The van der Waals surface area contributed by atoms with E-state index in [0.717, 1.165) is 28.5 Å². The Morgan fingerprint density at radius 2 is 1.42 bits per heavy atom. The summed E-state index contributed by atoms with van der Waals surface area (Å²) in [6.45, 7) is 0.110. The zero-order chi connectivity index (χ0) is 23.7. The van der Waals surface area contributed by atoms with Crippen molar-refractivity contribution >= 4 is 21.6 Å². The highest BCUT2D eigenvalue weighted by Gasteiger charge is 2.27. The first-order valence-electron chi connectivity index (χ1n) is 10.6. The van der Waals surface area contributed by atoms with Crippen molar-refractivity contribution in [1.82, 2.24) is 5.32 Å². The van der Waals surface area contributed by atoms with Gasteiger partial charge in [0, 0.05) is 6.54 Å². The third kappa shape index (κ3) is 6.49. The van der Waals surface area contributed by atoms with E-state index >= 15 is 0 Å². The van der Waals surface area contributed by atoms with Gasteiger partial charge in [-0.15, -0.1) is 0 Å². The Bertz CT molecular complexity index is 1130. The zero-order valence-corrected chi connectivity index (χ0v) is 19.5. The van der Waals surface area contributed by atoms with Gasteiger partial charge in [0.05, 0.1) is 24.8 Å². The Balaban J connectivity index is 1.66. The summed E-state index contributed by atoms with van der Waals surface area (Å²) in [6.07, 6.45) is 1.51. The molecule has 0 bridgehead atoms. The predicted octanol–water partition coefficient (Wildman–Crippen LogP) is 3.65. The number of ether oxygens (including phenoxy) is 2. The van der Waals surface area contributed by atoms with Crippen molar-refractivity contribution < 1.29 is 22.7 Å². The minimum Gasteiger partial charge on any atom is -0.497 e. The Morgan fingerprint density at radius 3 is 2.00 bits per heavy atom. The lowest BCUT2D eigenvalue weighted by atomic mass is 10.1. The van der Waals surface area contributed by atoms with Crippen molar-refractivity contribution in [2.45, 2.75) is 17.7 Å². The van der Waals surface area contributed by atoms with Gasteiger partial charge in [0.2, 0.25) is 5.91 Å². The third-order valence-corrected chi connectivity index (χ3v) is 6.89. The number of carbonyl (C=O) groups is 1. The van der Waals surface area contributed by atoms with Crippen molar-refractivity contribution in [3.05, 3.63) is 84.4 Å². The van der Waals surface area contributed by atoms with Crippen LogP contribution < -0.4 is 19.1 Å². The van der Waals surface area contributed by atoms with E-state index in [1.165, 1.54) is 19.2 Å². The maximum absolute atomic E-state index is 13.3. The molecule has 3 rings (SSSR count). The Kier molecular flexibility index (Phi) is 8.32. The lowest BCUT2D eigenvalue weighted by Crippen LogP contribution is -2.41. The number of nitrogens with one attached hydrogen (secondary N) is 1. The molecule has 0 saturated heterocycles. The van der Waals surface area contributed by atoms with Gasteiger partial charge < -0.3 is 14.8 Å². The molecule has 8 heteroatoms. The second kappa shape index (κ2) is 11.4. The molecular weight excluding hydrogens is 440 g/mol. The number of amides is 1. The minimum atomic E-state index is -3.93. The van der Waals surface area contributed by atoms with Crippen LogP contribution in [0.1, 0.15) is 12.0 Å². The average Bonchev–Trinajstić information content (AvgIpc) is 2.86. The zero-order valence-electron chi connectivity index (χ0n) is 18.7. The molecular formula is C25H28N2O5S. The van der Waals surface area contributed by atoms with E-state index < -0.39 is 10.0 Å². The van der Waals surface area contributed by atoms with Crippen LogP contribution in [0.25, 0.3) is 0 Å². The van der Waals surface area contributed by atoms with Crippen LogP contribution in [-0.4, -0.2) is 41.6 Å². The number of rotatable bonds is 11. The summed E-state index contributed by atoms with van der Waals surface area (Å²) in [7, 11) is -0.772. The molecule has 3 aromatic rings. The molecule has 7 nitrogen and oxygen atoms in total. The van der Waals surface area contributed by atoms with E-state index in [9.17, 15) is 13.2 Å². The molecule has 3 aromatic carbocycles. The molecule has 0 aliphatic carbocycles. The van der Waals surface area contributed by atoms with Gasteiger partial charge in [-0.05, 0) is 66.9 Å². The summed E-state index contributed by atoms with van der Waals surface area (Å²) >= 11 is 0. The van der Waals surface area contributed by atoms with Gasteiger partial charge in [0.1, 0.15) is 18.0 Å². The highest BCUT2D eigenvalue weighted by molar-refractivity contribution is 7.92. The maximum Gasteiger partial charge on any atom is 0.264 e. The van der Waals surface area contributed by atoms with Crippen LogP contribution in [0.2, 0.25) is 0 Å². The van der Waals surface area contributed by atoms with E-state index in [0.29, 0.717) is 18.0 Å². The predicted molar refractivity (Wildman–Crippen MR) is 128 cm³/mol. The SMILES string of the molecule is COc1ccc(CCCNC(=O)CN(c2ccc(OC)cc2)S(=O)(=O)c2ccccc2)cc1. The van der Waals surface area contributed by atoms with Gasteiger partial charge in [0.15, 0.2) is 0 Å². The molecule has 1 amide bonds. The third-order valence-electron chi connectivity index (χ3n) is 5.10. The average molecular weight is 469 g/mol. The van der Waals surface area contributed by atoms with Gasteiger partial charge in [-0.2, -0.15) is 0 Å². The molecule has 0 aromatic heterocycles. The van der Waals surface area contributed by atoms with Gasteiger partial charge in [-0.25, -0.2) is 8.42 Å².